The molecule has 0 aliphatic carbocycles. The van der Waals surface area contributed by atoms with E-state index in [1.807, 2.05) is 12.1 Å². The summed E-state index contributed by atoms with van der Waals surface area (Å²) in [4.78, 5) is 0.222. The van der Waals surface area contributed by atoms with Crippen LogP contribution in [0.5, 0.6) is 0 Å². The summed E-state index contributed by atoms with van der Waals surface area (Å²) in [6.07, 6.45) is 1.75. The van der Waals surface area contributed by atoms with E-state index in [9.17, 15) is 8.42 Å². The standard InChI is InChI=1S/C15H15BrN2O2S/c1-2-11-17-13-5-7-14(8-6-13)18-21(19,20)15-9-3-12(16)4-10-15/h2-10,17-18H,1,11H2. The van der Waals surface area contributed by atoms with Gasteiger partial charge in [0, 0.05) is 22.4 Å². The second-order valence-corrected chi connectivity index (χ2v) is 6.90. The minimum Gasteiger partial charge on any atom is -0.382 e. The van der Waals surface area contributed by atoms with E-state index < -0.39 is 10.0 Å². The molecule has 6 heteroatoms. The first-order valence-corrected chi connectivity index (χ1v) is 8.52. The second kappa shape index (κ2) is 6.78. The van der Waals surface area contributed by atoms with Gasteiger partial charge in [0.25, 0.3) is 10.0 Å². The molecule has 0 radical (unpaired) electrons. The summed E-state index contributed by atoms with van der Waals surface area (Å²) < 4.78 is 27.8. The zero-order valence-corrected chi connectivity index (χ0v) is 13.6. The van der Waals surface area contributed by atoms with Gasteiger partial charge in [-0.25, -0.2) is 8.42 Å². The van der Waals surface area contributed by atoms with Crippen LogP contribution in [0.15, 0.2) is 70.6 Å². The van der Waals surface area contributed by atoms with Gasteiger partial charge in [-0.2, -0.15) is 0 Å². The lowest BCUT2D eigenvalue weighted by atomic mass is 10.3. The molecular formula is C15H15BrN2O2S. The molecule has 4 nitrogen and oxygen atoms in total. The quantitative estimate of drug-likeness (QED) is 0.763. The summed E-state index contributed by atoms with van der Waals surface area (Å²) in [7, 11) is -3.57. The molecule has 0 aliphatic heterocycles. The fraction of sp³-hybridized carbons (Fsp3) is 0.0667. The van der Waals surface area contributed by atoms with Crippen LogP contribution in [0.1, 0.15) is 0 Å². The van der Waals surface area contributed by atoms with Crippen molar-refractivity contribution >= 4 is 37.3 Å². The number of anilines is 2. The summed E-state index contributed by atoms with van der Waals surface area (Å²) in [6, 6.07) is 13.5. The highest BCUT2D eigenvalue weighted by molar-refractivity contribution is 9.10. The van der Waals surface area contributed by atoms with Gasteiger partial charge in [0.15, 0.2) is 0 Å². The Kier molecular flexibility index (Phi) is 5.03. The number of rotatable bonds is 6. The van der Waals surface area contributed by atoms with Gasteiger partial charge < -0.3 is 5.32 Å². The fourth-order valence-corrected chi connectivity index (χ4v) is 3.00. The van der Waals surface area contributed by atoms with Gasteiger partial charge in [-0.3, -0.25) is 4.72 Å². The van der Waals surface area contributed by atoms with Gasteiger partial charge in [-0.1, -0.05) is 22.0 Å². The molecule has 0 amide bonds. The van der Waals surface area contributed by atoms with Crippen LogP contribution in [0.2, 0.25) is 0 Å². The average molecular weight is 367 g/mol. The van der Waals surface area contributed by atoms with Crippen LogP contribution in [0.3, 0.4) is 0 Å². The molecule has 0 aliphatic rings. The molecule has 0 fully saturated rings. The minimum atomic E-state index is -3.57. The van der Waals surface area contributed by atoms with Gasteiger partial charge >= 0.3 is 0 Å². The largest absolute Gasteiger partial charge is 0.382 e. The first kappa shape index (κ1) is 15.6. The topological polar surface area (TPSA) is 58.2 Å². The number of hydrogen-bond acceptors (Lipinski definition) is 3. The van der Waals surface area contributed by atoms with Gasteiger partial charge in [0.1, 0.15) is 0 Å². The van der Waals surface area contributed by atoms with E-state index in [4.69, 9.17) is 0 Å². The fourth-order valence-electron chi connectivity index (χ4n) is 1.67. The Hall–Kier alpha value is -1.79. The maximum atomic E-state index is 12.2. The molecule has 2 N–H and O–H groups in total. The summed E-state index contributed by atoms with van der Waals surface area (Å²) in [5, 5.41) is 3.12. The van der Waals surface area contributed by atoms with Crippen molar-refractivity contribution in [3.8, 4) is 0 Å². The molecule has 0 spiro atoms. The third-order valence-corrected chi connectivity index (χ3v) is 4.64. The molecular weight excluding hydrogens is 352 g/mol. The van der Waals surface area contributed by atoms with E-state index in [0.29, 0.717) is 12.2 Å². The van der Waals surface area contributed by atoms with E-state index >= 15 is 0 Å². The Bertz CT molecular complexity index is 710. The average Bonchev–Trinajstić information content (AvgIpc) is 2.47. The zero-order chi connectivity index (χ0) is 15.3. The molecule has 0 bridgehead atoms. The summed E-state index contributed by atoms with van der Waals surface area (Å²) in [5.41, 5.74) is 1.42. The monoisotopic (exact) mass is 366 g/mol. The Morgan fingerprint density at radius 3 is 2.14 bits per heavy atom. The summed E-state index contributed by atoms with van der Waals surface area (Å²) in [5.74, 6) is 0. The molecule has 2 aromatic rings. The van der Waals surface area contributed by atoms with Crippen molar-refractivity contribution in [3.05, 3.63) is 65.7 Å². The smallest absolute Gasteiger partial charge is 0.261 e. The molecule has 0 unspecified atom stereocenters. The normalized spacial score (nSPS) is 10.9. The minimum absolute atomic E-state index is 0.222. The van der Waals surface area contributed by atoms with Crippen LogP contribution in [-0.2, 0) is 10.0 Å². The van der Waals surface area contributed by atoms with Crippen LogP contribution in [-0.4, -0.2) is 15.0 Å². The lowest BCUT2D eigenvalue weighted by Crippen LogP contribution is -2.12. The molecule has 0 atom stereocenters. The first-order valence-electron chi connectivity index (χ1n) is 6.24. The van der Waals surface area contributed by atoms with E-state index in [-0.39, 0.29) is 4.90 Å². The molecule has 110 valence electrons. The summed E-state index contributed by atoms with van der Waals surface area (Å²) >= 11 is 3.28. The maximum Gasteiger partial charge on any atom is 0.261 e. The van der Waals surface area contributed by atoms with Crippen LogP contribution < -0.4 is 10.0 Å². The third kappa shape index (κ3) is 4.34. The van der Waals surface area contributed by atoms with Gasteiger partial charge in [0.2, 0.25) is 0 Å². The highest BCUT2D eigenvalue weighted by atomic mass is 79.9. The van der Waals surface area contributed by atoms with Crippen molar-refractivity contribution < 1.29 is 8.42 Å². The number of halogens is 1. The van der Waals surface area contributed by atoms with Crippen molar-refractivity contribution in [1.82, 2.24) is 0 Å². The van der Waals surface area contributed by atoms with Crippen molar-refractivity contribution in [2.75, 3.05) is 16.6 Å². The molecule has 2 aromatic carbocycles. The molecule has 2 rings (SSSR count). The lowest BCUT2D eigenvalue weighted by Gasteiger charge is -2.09. The Balaban J connectivity index is 2.13. The van der Waals surface area contributed by atoms with Crippen molar-refractivity contribution in [3.63, 3.8) is 0 Å². The molecule has 0 saturated heterocycles. The van der Waals surface area contributed by atoms with Gasteiger partial charge in [0.05, 0.1) is 4.90 Å². The number of sulfonamides is 1. The zero-order valence-electron chi connectivity index (χ0n) is 11.2. The van der Waals surface area contributed by atoms with Crippen LogP contribution in [0.4, 0.5) is 11.4 Å². The van der Waals surface area contributed by atoms with Crippen LogP contribution >= 0.6 is 15.9 Å². The predicted octanol–water partition coefficient (Wildman–Crippen LogP) is 3.85. The van der Waals surface area contributed by atoms with Crippen molar-refractivity contribution in [2.45, 2.75) is 4.90 Å². The van der Waals surface area contributed by atoms with Gasteiger partial charge in [-0.15, -0.1) is 6.58 Å². The number of benzene rings is 2. The third-order valence-electron chi connectivity index (χ3n) is 2.71. The highest BCUT2D eigenvalue weighted by Gasteiger charge is 2.13. The van der Waals surface area contributed by atoms with Crippen molar-refractivity contribution in [2.24, 2.45) is 0 Å². The Morgan fingerprint density at radius 2 is 1.57 bits per heavy atom. The number of hydrogen-bond donors (Lipinski definition) is 2. The van der Waals surface area contributed by atoms with Crippen molar-refractivity contribution in [1.29, 1.82) is 0 Å². The Morgan fingerprint density at radius 1 is 1.00 bits per heavy atom. The lowest BCUT2D eigenvalue weighted by molar-refractivity contribution is 0.601. The molecule has 0 heterocycles. The van der Waals surface area contributed by atoms with Gasteiger partial charge in [-0.05, 0) is 48.5 Å². The Labute approximate surface area is 133 Å². The molecule has 0 saturated carbocycles. The van der Waals surface area contributed by atoms with E-state index in [1.165, 1.54) is 0 Å². The predicted molar refractivity (Wildman–Crippen MR) is 90.1 cm³/mol. The highest BCUT2D eigenvalue weighted by Crippen LogP contribution is 2.20. The summed E-state index contributed by atoms with van der Waals surface area (Å²) in [6.45, 7) is 4.28. The van der Waals surface area contributed by atoms with E-state index in [1.54, 1.807) is 42.5 Å². The molecule has 21 heavy (non-hydrogen) atoms. The number of nitrogens with one attached hydrogen (secondary N) is 2. The maximum absolute atomic E-state index is 12.2. The van der Waals surface area contributed by atoms with E-state index in [0.717, 1.165) is 10.2 Å². The van der Waals surface area contributed by atoms with Crippen LogP contribution in [0, 0.1) is 0 Å². The molecule has 0 aromatic heterocycles. The second-order valence-electron chi connectivity index (χ2n) is 4.31. The van der Waals surface area contributed by atoms with Crippen LogP contribution in [0.25, 0.3) is 0 Å². The SMILES string of the molecule is C=CCNc1ccc(NS(=O)(=O)c2ccc(Br)cc2)cc1. The first-order chi connectivity index (χ1) is 10.0. The van der Waals surface area contributed by atoms with E-state index in [2.05, 4.69) is 32.5 Å².